The Hall–Kier alpha value is 2.79. The van der Waals surface area contributed by atoms with E-state index >= 15 is 0 Å². The molecule has 0 saturated heterocycles. The molecule has 0 radical (unpaired) electrons. The monoisotopic (exact) mass is 616 g/mol. The maximum Gasteiger partial charge on any atom is -0.160 e. The molecule has 0 saturated carbocycles. The maximum absolute atomic E-state index is 9.29. The minimum absolute atomic E-state index is 1.38. The largest absolute Gasteiger partial charge is 0.850 e. The Balaban J connectivity index is -0.000000146. The Morgan fingerprint density at radius 2 is 0.724 bits per heavy atom. The van der Waals surface area contributed by atoms with Gasteiger partial charge in [-0.2, -0.15) is 11.8 Å². The van der Waals surface area contributed by atoms with Gasteiger partial charge in [0, 0.05) is 0 Å². The molecular weight excluding hydrogens is 576 g/mol. The van der Waals surface area contributed by atoms with E-state index in [-0.39, 0.29) is 0 Å². The minimum Gasteiger partial charge on any atom is -0.850 e. The molecule has 0 aromatic carbocycles. The van der Waals surface area contributed by atoms with Crippen molar-refractivity contribution in [2.75, 3.05) is 0 Å². The molecular formula is C21H45O2PS2Zn3. The topological polar surface area (TPSA) is 46.1 Å². The fourth-order valence-corrected chi connectivity index (χ4v) is 4.57. The van der Waals surface area contributed by atoms with Gasteiger partial charge in [-0.3, -0.25) is 0 Å². The molecule has 8 heteroatoms. The van der Waals surface area contributed by atoms with Crippen LogP contribution in [0, 0.1) is 0 Å². The molecule has 29 heavy (non-hydrogen) atoms. The van der Waals surface area contributed by atoms with E-state index in [2.05, 4.69) is 44.8 Å². The van der Waals surface area contributed by atoms with Crippen molar-refractivity contribution in [1.82, 2.24) is 0 Å². The second-order valence-corrected chi connectivity index (χ2v) is 16.2. The van der Waals surface area contributed by atoms with Crippen molar-refractivity contribution in [2.45, 2.75) is 132 Å². The second-order valence-electron chi connectivity index (χ2n) is 7.25. The van der Waals surface area contributed by atoms with Crippen molar-refractivity contribution < 1.29 is 64.7 Å². The van der Waals surface area contributed by atoms with Crippen molar-refractivity contribution >= 4 is 29.7 Å². The maximum atomic E-state index is 9.29. The first-order chi connectivity index (χ1) is 13.7. The third-order valence-corrected chi connectivity index (χ3v) is 7.21. The zero-order chi connectivity index (χ0) is 23.2. The van der Waals surface area contributed by atoms with Gasteiger partial charge < -0.3 is 27.7 Å². The molecule has 0 heterocycles. The van der Waals surface area contributed by atoms with Gasteiger partial charge in [-0.05, 0) is 0 Å². The van der Waals surface area contributed by atoms with Crippen LogP contribution in [0.3, 0.4) is 0 Å². The zero-order valence-corrected chi connectivity index (χ0v) is 31.4. The molecule has 0 aromatic heterocycles. The van der Waals surface area contributed by atoms with E-state index in [0.717, 1.165) is 0 Å². The average Bonchev–Trinajstić information content (AvgIpc) is 2.66. The summed E-state index contributed by atoms with van der Waals surface area (Å²) >= 11 is 11.8. The summed E-state index contributed by atoms with van der Waals surface area (Å²) in [5.74, 6) is 0. The quantitative estimate of drug-likeness (QED) is 0.0838. The van der Waals surface area contributed by atoms with Crippen molar-refractivity contribution in [1.29, 1.82) is 0 Å². The van der Waals surface area contributed by atoms with E-state index in [4.69, 9.17) is 0 Å². The number of unbranched alkanes of at least 4 members (excludes halogenated alkanes) is 12. The van der Waals surface area contributed by atoms with Crippen LogP contribution < -0.4 is 9.79 Å². The fourth-order valence-electron chi connectivity index (χ4n) is 2.34. The molecule has 0 unspecified atom stereocenters. The molecule has 164 valence electrons. The average molecular weight is 621 g/mol. The first kappa shape index (κ1) is 39.0. The van der Waals surface area contributed by atoms with E-state index in [1.54, 1.807) is 0 Å². The van der Waals surface area contributed by atoms with E-state index in [1.165, 1.54) is 166 Å². The summed E-state index contributed by atoms with van der Waals surface area (Å²) in [4.78, 5) is 18.6. The Labute approximate surface area is 224 Å². The summed E-state index contributed by atoms with van der Waals surface area (Å²) in [6.45, 7) is 6.79. The summed E-state index contributed by atoms with van der Waals surface area (Å²) in [5.41, 5.74) is -3.72. The van der Waals surface area contributed by atoms with Crippen molar-refractivity contribution in [3.63, 3.8) is 0 Å². The minimum atomic E-state index is -3.72. The van der Waals surface area contributed by atoms with Crippen LogP contribution >= 0.6 is 5.69 Å². The van der Waals surface area contributed by atoms with E-state index in [9.17, 15) is 9.79 Å². The third-order valence-electron chi connectivity index (χ3n) is 4.06. The third kappa shape index (κ3) is 80.6. The first-order valence-electron chi connectivity index (χ1n) is 11.9. The van der Waals surface area contributed by atoms with Crippen molar-refractivity contribution in [3.8, 4) is 0 Å². The predicted octanol–water partition coefficient (Wildman–Crippen LogP) is 7.24. The summed E-state index contributed by atoms with van der Waals surface area (Å²) < 4.78 is 0. The van der Waals surface area contributed by atoms with E-state index < -0.39 is 5.69 Å². The van der Waals surface area contributed by atoms with Crippen LogP contribution in [-0.2, 0) is 79.0 Å². The molecule has 0 fully saturated rings. The summed E-state index contributed by atoms with van der Waals surface area (Å²) in [6, 6.07) is 0. The summed E-state index contributed by atoms with van der Waals surface area (Å²) in [6.07, 6.45) is 21.8. The van der Waals surface area contributed by atoms with Gasteiger partial charge in [0.25, 0.3) is 0 Å². The normalized spacial score (nSPS) is 10.2. The van der Waals surface area contributed by atoms with Gasteiger partial charge in [-0.1, -0.05) is 0 Å². The molecule has 0 N–H and O–H groups in total. The molecule has 0 aliphatic heterocycles. The van der Waals surface area contributed by atoms with Crippen LogP contribution in [-0.4, -0.2) is 0 Å². The van der Waals surface area contributed by atoms with Gasteiger partial charge in [0.1, 0.15) is 0 Å². The van der Waals surface area contributed by atoms with Crippen LogP contribution in [0.15, 0.2) is 0 Å². The predicted molar refractivity (Wildman–Crippen MR) is 122 cm³/mol. The Kier molecular flexibility index (Phi) is 51.2. The first-order valence-corrected chi connectivity index (χ1v) is 21.8. The molecule has 0 aliphatic rings. The van der Waals surface area contributed by atoms with Gasteiger partial charge in [0.15, 0.2) is 0 Å². The van der Waals surface area contributed by atoms with Gasteiger partial charge >= 0.3 is 187 Å². The number of hydrogen-bond acceptors (Lipinski definition) is 4. The summed E-state index contributed by atoms with van der Waals surface area (Å²) in [5, 5.41) is 4.47. The molecule has 0 atom stereocenters. The Morgan fingerprint density at radius 3 is 0.862 bits per heavy atom. The van der Waals surface area contributed by atoms with Crippen LogP contribution in [0.1, 0.15) is 117 Å². The molecule has 0 aromatic rings. The van der Waals surface area contributed by atoms with Gasteiger partial charge in [0.05, 0.1) is 0 Å². The second kappa shape index (κ2) is 38.1. The summed E-state index contributed by atoms with van der Waals surface area (Å²) in [7, 11) is 0. The fraction of sp³-hybridized carbons (Fsp3) is 1.00. The van der Waals surface area contributed by atoms with Crippen LogP contribution in [0.2, 0.25) is 15.0 Å². The molecule has 0 bridgehead atoms. The van der Waals surface area contributed by atoms with Gasteiger partial charge in [-0.15, -0.1) is 0 Å². The zero-order valence-electron chi connectivity index (χ0n) is 19.9. The van der Waals surface area contributed by atoms with Crippen LogP contribution in [0.25, 0.3) is 0 Å². The van der Waals surface area contributed by atoms with Gasteiger partial charge in [0.2, 0.25) is 0 Å². The number of hydrogen-bond donors (Lipinski definition) is 0. The standard InChI is InChI=1S/3C7H15.H3O2PS2.3Zn/c3*1-3-5-7-6-4-2;1-3(2,4)5;;;/h3*1,3-7H2,2H3;(H3,1,2,4,5);;;/q;;;;3*+1/p-3. The SMILES string of the molecule is CCCCCC[CH2][Zn+].CCCCCC[CH2][Zn+].CCCCCC[CH2][Zn+].[O-]P([O-])(=S)[S-]. The molecule has 0 aliphatic carbocycles. The Morgan fingerprint density at radius 1 is 0.552 bits per heavy atom. The van der Waals surface area contributed by atoms with E-state index in [1.807, 2.05) is 0 Å². The molecule has 2 nitrogen and oxygen atoms in total. The van der Waals surface area contributed by atoms with Crippen molar-refractivity contribution in [3.05, 3.63) is 0 Å². The van der Waals surface area contributed by atoms with Crippen molar-refractivity contribution in [2.24, 2.45) is 0 Å². The Bertz CT molecular complexity index is 242. The smallest absolute Gasteiger partial charge is 0.160 e. The molecule has 0 rings (SSSR count). The van der Waals surface area contributed by atoms with E-state index in [0.29, 0.717) is 0 Å². The van der Waals surface area contributed by atoms with Crippen LogP contribution in [0.4, 0.5) is 0 Å². The van der Waals surface area contributed by atoms with Gasteiger partial charge in [-0.25, -0.2) is 0 Å². The number of rotatable bonds is 15. The molecule has 0 amide bonds. The van der Waals surface area contributed by atoms with Crippen LogP contribution in [0.5, 0.6) is 0 Å². The molecule has 0 spiro atoms.